The van der Waals surface area contributed by atoms with Crippen LogP contribution in [0.3, 0.4) is 0 Å². The SMILES string of the molecule is CC1CCC(C(=O)N2C[C@@H]3C(C(=O)NC4CCC4)=NO[C@@H]3C2)CC1. The lowest BCUT2D eigenvalue weighted by Gasteiger charge is -2.29. The molecule has 0 bridgehead atoms. The van der Waals surface area contributed by atoms with E-state index in [4.69, 9.17) is 4.84 Å². The van der Waals surface area contributed by atoms with Gasteiger partial charge >= 0.3 is 0 Å². The second-order valence-electron chi connectivity index (χ2n) is 8.03. The molecule has 2 aliphatic carbocycles. The lowest BCUT2D eigenvalue weighted by atomic mass is 9.82. The molecule has 3 fully saturated rings. The monoisotopic (exact) mass is 333 g/mol. The zero-order chi connectivity index (χ0) is 16.7. The third kappa shape index (κ3) is 2.91. The topological polar surface area (TPSA) is 71.0 Å². The van der Waals surface area contributed by atoms with Gasteiger partial charge in [0.1, 0.15) is 0 Å². The summed E-state index contributed by atoms with van der Waals surface area (Å²) in [6, 6.07) is 0.294. The first-order chi connectivity index (χ1) is 11.6. The Morgan fingerprint density at radius 1 is 1.12 bits per heavy atom. The first-order valence-corrected chi connectivity index (χ1v) is 9.45. The van der Waals surface area contributed by atoms with E-state index in [0.717, 1.165) is 44.4 Å². The third-order valence-electron chi connectivity index (χ3n) is 6.25. The molecule has 1 N–H and O–H groups in total. The molecule has 1 saturated heterocycles. The minimum absolute atomic E-state index is 0.0588. The Labute approximate surface area is 143 Å². The summed E-state index contributed by atoms with van der Waals surface area (Å²) in [5.41, 5.74) is 0.486. The summed E-state index contributed by atoms with van der Waals surface area (Å²) in [5.74, 6) is 0.983. The van der Waals surface area contributed by atoms with Crippen molar-refractivity contribution in [3.8, 4) is 0 Å². The number of hydrogen-bond acceptors (Lipinski definition) is 4. The molecule has 2 saturated carbocycles. The van der Waals surface area contributed by atoms with Crippen molar-refractivity contribution in [1.82, 2.24) is 10.2 Å². The van der Waals surface area contributed by atoms with Gasteiger partial charge in [0.2, 0.25) is 5.91 Å². The molecule has 6 heteroatoms. The molecule has 0 radical (unpaired) electrons. The molecule has 2 aliphatic heterocycles. The number of hydrogen-bond donors (Lipinski definition) is 1. The van der Waals surface area contributed by atoms with Gasteiger partial charge in [0, 0.05) is 18.5 Å². The molecule has 4 rings (SSSR count). The van der Waals surface area contributed by atoms with Crippen molar-refractivity contribution in [2.45, 2.75) is 64.0 Å². The van der Waals surface area contributed by atoms with Crippen molar-refractivity contribution in [3.63, 3.8) is 0 Å². The standard InChI is InChI=1S/C18H27N3O3/c1-11-5-7-12(8-6-11)18(23)21-9-14-15(10-21)24-20-16(14)17(22)19-13-3-2-4-13/h11-15H,2-10H2,1H3,(H,19,22)/t11?,12?,14-,15+/m0/s1. The van der Waals surface area contributed by atoms with E-state index in [-0.39, 0.29) is 29.8 Å². The molecule has 132 valence electrons. The highest BCUT2D eigenvalue weighted by molar-refractivity contribution is 6.40. The van der Waals surface area contributed by atoms with Crippen LogP contribution in [0.25, 0.3) is 0 Å². The lowest BCUT2D eigenvalue weighted by molar-refractivity contribution is -0.136. The normalized spacial score (nSPS) is 35.7. The molecule has 2 heterocycles. The Bertz CT molecular complexity index is 550. The summed E-state index contributed by atoms with van der Waals surface area (Å²) in [6.45, 7) is 3.41. The highest BCUT2D eigenvalue weighted by Gasteiger charge is 2.47. The Morgan fingerprint density at radius 2 is 1.88 bits per heavy atom. The number of carbonyl (C=O) groups excluding carboxylic acids is 2. The van der Waals surface area contributed by atoms with Crippen LogP contribution in [0.4, 0.5) is 0 Å². The Morgan fingerprint density at radius 3 is 2.54 bits per heavy atom. The Kier molecular flexibility index (Phi) is 4.22. The van der Waals surface area contributed by atoms with Crippen molar-refractivity contribution in [2.24, 2.45) is 22.9 Å². The Balaban J connectivity index is 1.34. The summed E-state index contributed by atoms with van der Waals surface area (Å²) < 4.78 is 0. The molecule has 2 atom stereocenters. The predicted octanol–water partition coefficient (Wildman–Crippen LogP) is 1.69. The predicted molar refractivity (Wildman–Crippen MR) is 89.3 cm³/mol. The largest absolute Gasteiger partial charge is 0.389 e. The van der Waals surface area contributed by atoms with E-state index in [0.29, 0.717) is 24.8 Å². The van der Waals surface area contributed by atoms with Crippen LogP contribution >= 0.6 is 0 Å². The fraction of sp³-hybridized carbons (Fsp3) is 0.833. The molecule has 24 heavy (non-hydrogen) atoms. The maximum Gasteiger partial charge on any atom is 0.269 e. The lowest BCUT2D eigenvalue weighted by Crippen LogP contribution is -2.45. The van der Waals surface area contributed by atoms with Gasteiger partial charge in [-0.2, -0.15) is 0 Å². The van der Waals surface area contributed by atoms with Gasteiger partial charge in [-0.3, -0.25) is 9.59 Å². The smallest absolute Gasteiger partial charge is 0.269 e. The number of likely N-dealkylation sites (tertiary alicyclic amines) is 1. The van der Waals surface area contributed by atoms with Crippen molar-refractivity contribution in [1.29, 1.82) is 0 Å². The minimum Gasteiger partial charge on any atom is -0.389 e. The second kappa shape index (κ2) is 6.37. The molecular weight excluding hydrogens is 306 g/mol. The van der Waals surface area contributed by atoms with E-state index in [1.807, 2.05) is 4.90 Å². The molecule has 4 aliphatic rings. The maximum atomic E-state index is 12.8. The van der Waals surface area contributed by atoms with E-state index in [1.54, 1.807) is 0 Å². The quantitative estimate of drug-likeness (QED) is 0.854. The highest BCUT2D eigenvalue weighted by atomic mass is 16.6. The van der Waals surface area contributed by atoms with Crippen molar-refractivity contribution in [3.05, 3.63) is 0 Å². The molecular formula is C18H27N3O3. The average molecular weight is 333 g/mol. The van der Waals surface area contributed by atoms with Gasteiger partial charge < -0.3 is 15.1 Å². The second-order valence-corrected chi connectivity index (χ2v) is 8.03. The number of carbonyl (C=O) groups is 2. The van der Waals surface area contributed by atoms with Gasteiger partial charge in [-0.25, -0.2) is 0 Å². The van der Waals surface area contributed by atoms with Crippen LogP contribution < -0.4 is 5.32 Å². The maximum absolute atomic E-state index is 12.8. The van der Waals surface area contributed by atoms with E-state index >= 15 is 0 Å². The number of nitrogens with zero attached hydrogens (tertiary/aromatic N) is 2. The van der Waals surface area contributed by atoms with Crippen molar-refractivity contribution in [2.75, 3.05) is 13.1 Å². The number of rotatable bonds is 3. The fourth-order valence-corrected chi connectivity index (χ4v) is 4.30. The molecule has 6 nitrogen and oxygen atoms in total. The molecule has 0 spiro atoms. The minimum atomic E-state index is -0.140. The molecule has 0 unspecified atom stereocenters. The van der Waals surface area contributed by atoms with Gasteiger partial charge in [0.15, 0.2) is 11.8 Å². The van der Waals surface area contributed by atoms with Crippen LogP contribution in [0.15, 0.2) is 5.16 Å². The van der Waals surface area contributed by atoms with Crippen LogP contribution in [0.2, 0.25) is 0 Å². The molecule has 0 aromatic carbocycles. The van der Waals surface area contributed by atoms with Gasteiger partial charge in [0.05, 0.1) is 12.5 Å². The Hall–Kier alpha value is -1.59. The summed E-state index contributed by atoms with van der Waals surface area (Å²) in [7, 11) is 0. The zero-order valence-corrected chi connectivity index (χ0v) is 14.4. The van der Waals surface area contributed by atoms with Gasteiger partial charge in [-0.05, 0) is 50.9 Å². The molecule has 2 amide bonds. The summed E-state index contributed by atoms with van der Waals surface area (Å²) in [5, 5.41) is 7.04. The zero-order valence-electron chi connectivity index (χ0n) is 14.4. The number of oxime groups is 1. The van der Waals surface area contributed by atoms with Crippen molar-refractivity contribution < 1.29 is 14.4 Å². The van der Waals surface area contributed by atoms with E-state index in [9.17, 15) is 9.59 Å². The van der Waals surface area contributed by atoms with Gasteiger partial charge in [-0.15, -0.1) is 0 Å². The van der Waals surface area contributed by atoms with Crippen LogP contribution in [-0.4, -0.2) is 47.7 Å². The summed E-state index contributed by atoms with van der Waals surface area (Å²) >= 11 is 0. The van der Waals surface area contributed by atoms with Gasteiger partial charge in [0.25, 0.3) is 5.91 Å². The van der Waals surface area contributed by atoms with E-state index in [1.165, 1.54) is 6.42 Å². The third-order valence-corrected chi connectivity index (χ3v) is 6.25. The highest BCUT2D eigenvalue weighted by Crippen LogP contribution is 2.33. The first kappa shape index (κ1) is 15.9. The average Bonchev–Trinajstić information content (AvgIpc) is 3.11. The number of amides is 2. The van der Waals surface area contributed by atoms with Crippen LogP contribution in [0, 0.1) is 17.8 Å². The van der Waals surface area contributed by atoms with Crippen LogP contribution in [0.1, 0.15) is 51.9 Å². The van der Waals surface area contributed by atoms with E-state index < -0.39 is 0 Å². The van der Waals surface area contributed by atoms with Crippen molar-refractivity contribution >= 4 is 17.5 Å². The van der Waals surface area contributed by atoms with Gasteiger partial charge in [-0.1, -0.05) is 12.1 Å². The van der Waals surface area contributed by atoms with E-state index in [2.05, 4.69) is 17.4 Å². The summed E-state index contributed by atoms with van der Waals surface area (Å²) in [4.78, 5) is 32.5. The first-order valence-electron chi connectivity index (χ1n) is 9.45. The van der Waals surface area contributed by atoms with Crippen LogP contribution in [-0.2, 0) is 14.4 Å². The molecule has 0 aromatic rings. The van der Waals surface area contributed by atoms with Crippen LogP contribution in [0.5, 0.6) is 0 Å². The number of fused-ring (bicyclic) bond motifs is 1. The number of nitrogens with one attached hydrogen (secondary N) is 1. The molecule has 0 aromatic heterocycles. The fourth-order valence-electron chi connectivity index (χ4n) is 4.30. The summed E-state index contributed by atoms with van der Waals surface area (Å²) in [6.07, 6.45) is 7.43.